The molecule has 88 valence electrons. The van der Waals surface area contributed by atoms with Crippen molar-refractivity contribution in [1.82, 2.24) is 9.88 Å². The van der Waals surface area contributed by atoms with Gasteiger partial charge in [-0.15, -0.1) is 0 Å². The van der Waals surface area contributed by atoms with Crippen LogP contribution in [0, 0.1) is 31.1 Å². The van der Waals surface area contributed by atoms with E-state index in [1.54, 1.807) is 0 Å². The fourth-order valence-corrected chi connectivity index (χ4v) is 2.01. The summed E-state index contributed by atoms with van der Waals surface area (Å²) in [4.78, 5) is 0. The number of aryl methyl sites for hydroxylation is 1. The Labute approximate surface area is 98.1 Å². The highest BCUT2D eigenvalue weighted by Gasteiger charge is 2.07. The van der Waals surface area contributed by atoms with Gasteiger partial charge in [0.25, 0.3) is 0 Å². The van der Waals surface area contributed by atoms with Crippen LogP contribution in [0.3, 0.4) is 0 Å². The standard InChI is InChI=1S/C13H21N3/c1-5-16-11(3)6-13(12(16)4)9-15-8-10(2)7-14/h6,10,15H,5,8-9H2,1-4H3. The van der Waals surface area contributed by atoms with E-state index in [-0.39, 0.29) is 5.92 Å². The van der Waals surface area contributed by atoms with Crippen molar-refractivity contribution in [2.75, 3.05) is 6.54 Å². The van der Waals surface area contributed by atoms with E-state index < -0.39 is 0 Å². The zero-order chi connectivity index (χ0) is 12.1. The van der Waals surface area contributed by atoms with Crippen molar-refractivity contribution in [3.8, 4) is 6.07 Å². The van der Waals surface area contributed by atoms with E-state index in [0.29, 0.717) is 0 Å². The number of hydrogen-bond donors (Lipinski definition) is 1. The first-order chi connectivity index (χ1) is 7.60. The zero-order valence-corrected chi connectivity index (χ0v) is 10.7. The average molecular weight is 219 g/mol. The quantitative estimate of drug-likeness (QED) is 0.826. The lowest BCUT2D eigenvalue weighted by Crippen LogP contribution is -2.20. The molecule has 3 heteroatoms. The van der Waals surface area contributed by atoms with Crippen molar-refractivity contribution in [3.63, 3.8) is 0 Å². The van der Waals surface area contributed by atoms with Crippen LogP contribution in [0.2, 0.25) is 0 Å². The summed E-state index contributed by atoms with van der Waals surface area (Å²) in [7, 11) is 0. The predicted octanol–water partition coefficient (Wildman–Crippen LogP) is 2.37. The predicted molar refractivity (Wildman–Crippen MR) is 66.1 cm³/mol. The average Bonchev–Trinajstić information content (AvgIpc) is 2.53. The summed E-state index contributed by atoms with van der Waals surface area (Å²) in [6.07, 6.45) is 0. The molecule has 1 unspecified atom stereocenters. The van der Waals surface area contributed by atoms with Crippen LogP contribution in [0.15, 0.2) is 6.07 Å². The minimum Gasteiger partial charge on any atom is -0.349 e. The van der Waals surface area contributed by atoms with Gasteiger partial charge in [-0.05, 0) is 39.3 Å². The molecule has 0 saturated heterocycles. The van der Waals surface area contributed by atoms with Gasteiger partial charge < -0.3 is 9.88 Å². The van der Waals surface area contributed by atoms with E-state index in [1.807, 2.05) is 6.92 Å². The van der Waals surface area contributed by atoms with Gasteiger partial charge in [-0.2, -0.15) is 5.26 Å². The Bertz CT molecular complexity index is 385. The smallest absolute Gasteiger partial charge is 0.0666 e. The van der Waals surface area contributed by atoms with Crippen LogP contribution in [0.4, 0.5) is 0 Å². The first-order valence-electron chi connectivity index (χ1n) is 5.86. The van der Waals surface area contributed by atoms with Gasteiger partial charge >= 0.3 is 0 Å². The van der Waals surface area contributed by atoms with Gasteiger partial charge in [-0.1, -0.05) is 0 Å². The van der Waals surface area contributed by atoms with E-state index in [2.05, 4.69) is 42.8 Å². The highest BCUT2D eigenvalue weighted by atomic mass is 15.0. The summed E-state index contributed by atoms with van der Waals surface area (Å²) < 4.78 is 2.31. The molecule has 1 aromatic rings. The first-order valence-corrected chi connectivity index (χ1v) is 5.86. The fraction of sp³-hybridized carbons (Fsp3) is 0.615. The summed E-state index contributed by atoms with van der Waals surface area (Å²) in [6, 6.07) is 4.45. The van der Waals surface area contributed by atoms with Crippen molar-refractivity contribution >= 4 is 0 Å². The topological polar surface area (TPSA) is 40.8 Å². The molecular weight excluding hydrogens is 198 g/mol. The summed E-state index contributed by atoms with van der Waals surface area (Å²) in [5.74, 6) is 0.0784. The maximum Gasteiger partial charge on any atom is 0.0666 e. The number of nitriles is 1. The van der Waals surface area contributed by atoms with Crippen LogP contribution in [0.5, 0.6) is 0 Å². The van der Waals surface area contributed by atoms with E-state index in [9.17, 15) is 0 Å². The van der Waals surface area contributed by atoms with E-state index >= 15 is 0 Å². The summed E-state index contributed by atoms with van der Waals surface area (Å²) in [5.41, 5.74) is 3.98. The third kappa shape index (κ3) is 2.86. The van der Waals surface area contributed by atoms with Crippen LogP contribution in [0.1, 0.15) is 30.8 Å². The summed E-state index contributed by atoms with van der Waals surface area (Å²) in [6.45, 7) is 11.0. The van der Waals surface area contributed by atoms with Crippen LogP contribution in [0.25, 0.3) is 0 Å². The Balaban J connectivity index is 2.59. The third-order valence-corrected chi connectivity index (χ3v) is 2.98. The second-order valence-electron chi connectivity index (χ2n) is 4.30. The Kier molecular flexibility index (Phi) is 4.57. The van der Waals surface area contributed by atoms with Crippen LogP contribution in [-0.2, 0) is 13.1 Å². The van der Waals surface area contributed by atoms with E-state index in [1.165, 1.54) is 17.0 Å². The van der Waals surface area contributed by atoms with Crippen molar-refractivity contribution in [2.45, 2.75) is 40.8 Å². The van der Waals surface area contributed by atoms with Crippen LogP contribution < -0.4 is 5.32 Å². The van der Waals surface area contributed by atoms with Crippen molar-refractivity contribution in [2.24, 2.45) is 5.92 Å². The zero-order valence-electron chi connectivity index (χ0n) is 10.7. The lowest BCUT2D eigenvalue weighted by atomic mass is 10.2. The molecule has 0 aliphatic carbocycles. The number of hydrogen-bond acceptors (Lipinski definition) is 2. The van der Waals surface area contributed by atoms with Gasteiger partial charge in [0.15, 0.2) is 0 Å². The largest absolute Gasteiger partial charge is 0.349 e. The summed E-state index contributed by atoms with van der Waals surface area (Å²) in [5, 5.41) is 12.0. The van der Waals surface area contributed by atoms with Crippen LogP contribution >= 0.6 is 0 Å². The molecule has 0 fully saturated rings. The third-order valence-electron chi connectivity index (χ3n) is 2.98. The minimum atomic E-state index is 0.0784. The van der Waals surface area contributed by atoms with Crippen molar-refractivity contribution in [3.05, 3.63) is 23.0 Å². The van der Waals surface area contributed by atoms with Crippen molar-refractivity contribution < 1.29 is 0 Å². The molecule has 0 bridgehead atoms. The normalized spacial score (nSPS) is 12.4. The molecule has 0 amide bonds. The van der Waals surface area contributed by atoms with Gasteiger partial charge in [0.05, 0.1) is 12.0 Å². The molecule has 1 atom stereocenters. The Morgan fingerprint density at radius 1 is 1.50 bits per heavy atom. The number of aromatic nitrogens is 1. The number of nitrogens with one attached hydrogen (secondary N) is 1. The summed E-state index contributed by atoms with van der Waals surface area (Å²) >= 11 is 0. The molecule has 0 spiro atoms. The van der Waals surface area contributed by atoms with Crippen LogP contribution in [-0.4, -0.2) is 11.1 Å². The molecule has 1 aromatic heterocycles. The van der Waals surface area contributed by atoms with Gasteiger partial charge in [0.1, 0.15) is 0 Å². The molecular formula is C13H21N3. The fourth-order valence-electron chi connectivity index (χ4n) is 2.01. The van der Waals surface area contributed by atoms with E-state index in [0.717, 1.165) is 19.6 Å². The van der Waals surface area contributed by atoms with Crippen molar-refractivity contribution in [1.29, 1.82) is 5.26 Å². The molecule has 1 N–H and O–H groups in total. The second kappa shape index (κ2) is 5.72. The highest BCUT2D eigenvalue weighted by molar-refractivity contribution is 5.26. The van der Waals surface area contributed by atoms with Gasteiger partial charge in [-0.3, -0.25) is 0 Å². The molecule has 0 aromatic carbocycles. The Hall–Kier alpha value is -1.27. The molecule has 3 nitrogen and oxygen atoms in total. The number of rotatable bonds is 5. The molecule has 1 heterocycles. The highest BCUT2D eigenvalue weighted by Crippen LogP contribution is 2.14. The maximum atomic E-state index is 8.68. The second-order valence-corrected chi connectivity index (χ2v) is 4.30. The van der Waals surface area contributed by atoms with Gasteiger partial charge in [-0.25, -0.2) is 0 Å². The molecule has 0 radical (unpaired) electrons. The molecule has 0 aliphatic heterocycles. The SMILES string of the molecule is CCn1c(C)cc(CNCC(C)C#N)c1C. The van der Waals surface area contributed by atoms with Gasteiger partial charge in [0, 0.05) is 31.0 Å². The Morgan fingerprint density at radius 3 is 2.69 bits per heavy atom. The lowest BCUT2D eigenvalue weighted by Gasteiger charge is -2.07. The monoisotopic (exact) mass is 219 g/mol. The maximum absolute atomic E-state index is 8.68. The molecule has 16 heavy (non-hydrogen) atoms. The molecule has 0 aliphatic rings. The minimum absolute atomic E-state index is 0.0784. The van der Waals surface area contributed by atoms with Gasteiger partial charge in [0.2, 0.25) is 0 Å². The van der Waals surface area contributed by atoms with E-state index in [4.69, 9.17) is 5.26 Å². The first kappa shape index (κ1) is 12.8. The lowest BCUT2D eigenvalue weighted by molar-refractivity contribution is 0.598. The Morgan fingerprint density at radius 2 is 2.19 bits per heavy atom. The number of nitrogens with zero attached hydrogens (tertiary/aromatic N) is 2. The molecule has 0 saturated carbocycles. The molecule has 1 rings (SSSR count).